The third-order valence-corrected chi connectivity index (χ3v) is 2.87. The second-order valence-electron chi connectivity index (χ2n) is 3.90. The van der Waals surface area contributed by atoms with E-state index in [1.54, 1.807) is 0 Å². The number of nitrogens with zero attached hydrogens (tertiary/aromatic N) is 2. The van der Waals surface area contributed by atoms with Crippen molar-refractivity contribution in [1.82, 2.24) is 15.1 Å². The first-order valence-electron chi connectivity index (χ1n) is 5.08. The molecular formula is C10H17N3. The minimum Gasteiger partial charge on any atom is -0.295 e. The largest absolute Gasteiger partial charge is 0.295 e. The first kappa shape index (κ1) is 8.75. The van der Waals surface area contributed by atoms with Crippen molar-refractivity contribution >= 4 is 0 Å². The lowest BCUT2D eigenvalue weighted by Crippen LogP contribution is -2.36. The maximum absolute atomic E-state index is 3.96. The molecule has 1 aromatic rings. The van der Waals surface area contributed by atoms with Crippen LogP contribution in [0, 0.1) is 0 Å². The predicted octanol–water partition coefficient (Wildman–Crippen LogP) is 1.78. The Kier molecular flexibility index (Phi) is 2.64. The van der Waals surface area contributed by atoms with Crippen LogP contribution in [0.15, 0.2) is 12.3 Å². The minimum absolute atomic E-state index is 0.733. The molecule has 0 aromatic carbocycles. The standard InChI is InChI=1S/C10H17N3/c1-9-4-2-3-7-13(9)8-10-5-6-11-12-10/h5-6,9H,2-4,7-8H2,1H3,(H,11,12). The van der Waals surface area contributed by atoms with E-state index in [1.807, 2.05) is 6.20 Å². The number of hydrogen-bond acceptors (Lipinski definition) is 2. The molecule has 0 spiro atoms. The summed E-state index contributed by atoms with van der Waals surface area (Å²) < 4.78 is 0. The molecule has 1 unspecified atom stereocenters. The van der Waals surface area contributed by atoms with E-state index in [0.717, 1.165) is 12.6 Å². The molecule has 1 aromatic heterocycles. The average Bonchev–Trinajstić information content (AvgIpc) is 2.61. The Balaban J connectivity index is 1.93. The molecule has 0 saturated carbocycles. The fourth-order valence-corrected chi connectivity index (χ4v) is 1.98. The van der Waals surface area contributed by atoms with Gasteiger partial charge in [0.05, 0.1) is 0 Å². The third-order valence-electron chi connectivity index (χ3n) is 2.87. The van der Waals surface area contributed by atoms with Crippen LogP contribution in [0.2, 0.25) is 0 Å². The first-order valence-corrected chi connectivity index (χ1v) is 5.08. The summed E-state index contributed by atoms with van der Waals surface area (Å²) in [6, 6.07) is 2.79. The summed E-state index contributed by atoms with van der Waals surface area (Å²) in [6.07, 6.45) is 5.90. The highest BCUT2D eigenvalue weighted by atomic mass is 15.2. The molecule has 0 radical (unpaired) electrons. The van der Waals surface area contributed by atoms with E-state index < -0.39 is 0 Å². The summed E-state index contributed by atoms with van der Waals surface area (Å²) in [5.41, 5.74) is 1.23. The molecule has 3 heteroatoms. The quantitative estimate of drug-likeness (QED) is 0.750. The molecule has 0 aliphatic carbocycles. The summed E-state index contributed by atoms with van der Waals surface area (Å²) in [6.45, 7) is 4.58. The summed E-state index contributed by atoms with van der Waals surface area (Å²) in [7, 11) is 0. The zero-order chi connectivity index (χ0) is 9.10. The van der Waals surface area contributed by atoms with E-state index in [4.69, 9.17) is 0 Å². The van der Waals surface area contributed by atoms with Crippen LogP contribution in [-0.4, -0.2) is 27.7 Å². The number of H-pyrrole nitrogens is 1. The van der Waals surface area contributed by atoms with E-state index in [9.17, 15) is 0 Å². The van der Waals surface area contributed by atoms with Gasteiger partial charge in [-0.15, -0.1) is 0 Å². The number of piperidine rings is 1. The SMILES string of the molecule is CC1CCCCN1Cc1ccn[nH]1. The van der Waals surface area contributed by atoms with Gasteiger partial charge in [-0.3, -0.25) is 10.00 Å². The molecule has 3 nitrogen and oxygen atoms in total. The van der Waals surface area contributed by atoms with Gasteiger partial charge in [0.15, 0.2) is 0 Å². The van der Waals surface area contributed by atoms with Gasteiger partial charge in [0, 0.05) is 24.5 Å². The Morgan fingerprint density at radius 3 is 3.23 bits per heavy atom. The molecule has 1 fully saturated rings. The predicted molar refractivity (Wildman–Crippen MR) is 52.3 cm³/mol. The van der Waals surface area contributed by atoms with E-state index in [0.29, 0.717) is 0 Å². The van der Waals surface area contributed by atoms with Crippen LogP contribution in [0.3, 0.4) is 0 Å². The van der Waals surface area contributed by atoms with Crippen molar-refractivity contribution in [3.05, 3.63) is 18.0 Å². The molecule has 1 saturated heterocycles. The lowest BCUT2D eigenvalue weighted by atomic mass is 10.0. The van der Waals surface area contributed by atoms with E-state index >= 15 is 0 Å². The van der Waals surface area contributed by atoms with Gasteiger partial charge in [-0.25, -0.2) is 0 Å². The maximum atomic E-state index is 3.96. The van der Waals surface area contributed by atoms with Crippen LogP contribution in [0.5, 0.6) is 0 Å². The molecule has 13 heavy (non-hydrogen) atoms. The maximum Gasteiger partial charge on any atom is 0.0492 e. The number of aromatic amines is 1. The molecule has 1 atom stereocenters. The molecular weight excluding hydrogens is 162 g/mol. The van der Waals surface area contributed by atoms with Crippen LogP contribution >= 0.6 is 0 Å². The smallest absolute Gasteiger partial charge is 0.0492 e. The zero-order valence-corrected chi connectivity index (χ0v) is 8.16. The molecule has 2 heterocycles. The Bertz CT molecular complexity index is 243. The lowest BCUT2D eigenvalue weighted by molar-refractivity contribution is 0.151. The van der Waals surface area contributed by atoms with E-state index in [1.165, 1.54) is 31.5 Å². The van der Waals surface area contributed by atoms with Gasteiger partial charge in [-0.2, -0.15) is 5.10 Å². The van der Waals surface area contributed by atoms with Gasteiger partial charge >= 0.3 is 0 Å². The highest BCUT2D eigenvalue weighted by molar-refractivity contribution is 4.97. The number of rotatable bonds is 2. The molecule has 1 aliphatic heterocycles. The third kappa shape index (κ3) is 2.10. The summed E-state index contributed by atoms with van der Waals surface area (Å²) in [5, 5.41) is 6.97. The second-order valence-corrected chi connectivity index (χ2v) is 3.90. The number of hydrogen-bond donors (Lipinski definition) is 1. The van der Waals surface area contributed by atoms with Crippen LogP contribution < -0.4 is 0 Å². The van der Waals surface area contributed by atoms with Crippen molar-refractivity contribution in [3.63, 3.8) is 0 Å². The molecule has 72 valence electrons. The van der Waals surface area contributed by atoms with Crippen LogP contribution in [0.4, 0.5) is 0 Å². The molecule has 0 bridgehead atoms. The fraction of sp³-hybridized carbons (Fsp3) is 0.700. The first-order chi connectivity index (χ1) is 6.36. The van der Waals surface area contributed by atoms with E-state index in [2.05, 4.69) is 28.1 Å². The van der Waals surface area contributed by atoms with Gasteiger partial charge in [0.25, 0.3) is 0 Å². The van der Waals surface area contributed by atoms with Crippen LogP contribution in [0.25, 0.3) is 0 Å². The van der Waals surface area contributed by atoms with Crippen molar-refractivity contribution in [2.75, 3.05) is 6.54 Å². The highest BCUT2D eigenvalue weighted by Gasteiger charge is 2.18. The summed E-state index contributed by atoms with van der Waals surface area (Å²) >= 11 is 0. The highest BCUT2D eigenvalue weighted by Crippen LogP contribution is 2.17. The molecule has 2 rings (SSSR count). The monoisotopic (exact) mass is 179 g/mol. The van der Waals surface area contributed by atoms with Crippen molar-refractivity contribution in [2.45, 2.75) is 38.8 Å². The lowest BCUT2D eigenvalue weighted by Gasteiger charge is -2.32. The van der Waals surface area contributed by atoms with Gasteiger partial charge in [-0.1, -0.05) is 6.42 Å². The molecule has 0 amide bonds. The van der Waals surface area contributed by atoms with Crippen molar-refractivity contribution in [1.29, 1.82) is 0 Å². The minimum atomic E-state index is 0.733. The Hall–Kier alpha value is -0.830. The Morgan fingerprint density at radius 1 is 1.62 bits per heavy atom. The number of nitrogens with one attached hydrogen (secondary N) is 1. The number of aromatic nitrogens is 2. The topological polar surface area (TPSA) is 31.9 Å². The fourth-order valence-electron chi connectivity index (χ4n) is 1.98. The van der Waals surface area contributed by atoms with Gasteiger partial charge < -0.3 is 0 Å². The zero-order valence-electron chi connectivity index (χ0n) is 8.16. The second kappa shape index (κ2) is 3.92. The van der Waals surface area contributed by atoms with Gasteiger partial charge in [-0.05, 0) is 32.4 Å². The van der Waals surface area contributed by atoms with Crippen molar-refractivity contribution in [2.24, 2.45) is 0 Å². The Labute approximate surface area is 79.1 Å². The summed E-state index contributed by atoms with van der Waals surface area (Å²) in [4.78, 5) is 2.52. The summed E-state index contributed by atoms with van der Waals surface area (Å²) in [5.74, 6) is 0. The van der Waals surface area contributed by atoms with Crippen LogP contribution in [0.1, 0.15) is 31.9 Å². The normalized spacial score (nSPS) is 24.8. The van der Waals surface area contributed by atoms with E-state index in [-0.39, 0.29) is 0 Å². The molecule has 1 N–H and O–H groups in total. The van der Waals surface area contributed by atoms with Crippen molar-refractivity contribution in [3.8, 4) is 0 Å². The number of likely N-dealkylation sites (tertiary alicyclic amines) is 1. The van der Waals surface area contributed by atoms with Gasteiger partial charge in [0.2, 0.25) is 0 Å². The van der Waals surface area contributed by atoms with Crippen LogP contribution in [-0.2, 0) is 6.54 Å². The van der Waals surface area contributed by atoms with Crippen molar-refractivity contribution < 1.29 is 0 Å². The average molecular weight is 179 g/mol. The Morgan fingerprint density at radius 2 is 2.54 bits per heavy atom. The molecule has 1 aliphatic rings. The van der Waals surface area contributed by atoms with Gasteiger partial charge in [0.1, 0.15) is 0 Å².